The van der Waals surface area contributed by atoms with Crippen LogP contribution >= 0.6 is 0 Å². The van der Waals surface area contributed by atoms with Gasteiger partial charge in [-0.2, -0.15) is 0 Å². The Balaban J connectivity index is 1.99. The van der Waals surface area contributed by atoms with E-state index in [1.807, 2.05) is 0 Å². The Bertz CT molecular complexity index is 174. The first-order valence-corrected chi connectivity index (χ1v) is 5.62. The summed E-state index contributed by atoms with van der Waals surface area (Å²) >= 11 is 0. The molecule has 3 heteroatoms. The van der Waals surface area contributed by atoms with Crippen LogP contribution in [0.2, 0.25) is 0 Å². The highest BCUT2D eigenvalue weighted by Crippen LogP contribution is 2.16. The van der Waals surface area contributed by atoms with Gasteiger partial charge in [0, 0.05) is 6.42 Å². The van der Waals surface area contributed by atoms with E-state index in [2.05, 4.69) is 11.8 Å². The quantitative estimate of drug-likeness (QED) is 0.688. The molecule has 0 aliphatic carbocycles. The first-order valence-electron chi connectivity index (χ1n) is 5.62. The predicted octanol–water partition coefficient (Wildman–Crippen LogP) is 1.97. The molecular weight excluding hydrogens is 178 g/mol. The van der Waals surface area contributed by atoms with Crippen LogP contribution in [0.1, 0.15) is 39.0 Å². The fourth-order valence-electron chi connectivity index (χ4n) is 1.90. The van der Waals surface area contributed by atoms with Gasteiger partial charge in [0.05, 0.1) is 0 Å². The Morgan fingerprint density at radius 1 is 1.36 bits per heavy atom. The summed E-state index contributed by atoms with van der Waals surface area (Å²) in [6, 6.07) is 0. The average Bonchev–Trinajstić information content (AvgIpc) is 2.15. The van der Waals surface area contributed by atoms with Gasteiger partial charge in [0.25, 0.3) is 0 Å². The van der Waals surface area contributed by atoms with Crippen LogP contribution in [0, 0.1) is 5.92 Å². The molecule has 0 spiro atoms. The van der Waals surface area contributed by atoms with Gasteiger partial charge < -0.3 is 10.0 Å². The smallest absolute Gasteiger partial charge is 0.303 e. The van der Waals surface area contributed by atoms with Crippen LogP contribution in [0.15, 0.2) is 0 Å². The molecule has 1 N–H and O–H groups in total. The Hall–Kier alpha value is -0.570. The third kappa shape index (κ3) is 4.61. The number of rotatable bonds is 5. The van der Waals surface area contributed by atoms with Crippen molar-refractivity contribution in [2.24, 2.45) is 5.92 Å². The Morgan fingerprint density at radius 3 is 2.57 bits per heavy atom. The van der Waals surface area contributed by atoms with Gasteiger partial charge in [0.1, 0.15) is 0 Å². The summed E-state index contributed by atoms with van der Waals surface area (Å²) in [5, 5.41) is 8.47. The van der Waals surface area contributed by atoms with Crippen LogP contribution in [0.5, 0.6) is 0 Å². The molecule has 3 nitrogen and oxygen atoms in total. The summed E-state index contributed by atoms with van der Waals surface area (Å²) in [6.45, 7) is 5.80. The lowest BCUT2D eigenvalue weighted by Crippen LogP contribution is -2.33. The van der Waals surface area contributed by atoms with Crippen LogP contribution in [0.25, 0.3) is 0 Å². The third-order valence-electron chi connectivity index (χ3n) is 2.99. The highest BCUT2D eigenvalue weighted by molar-refractivity contribution is 5.66. The maximum Gasteiger partial charge on any atom is 0.303 e. The molecule has 0 aromatic rings. The lowest BCUT2D eigenvalue weighted by Gasteiger charge is -2.29. The highest BCUT2D eigenvalue weighted by Gasteiger charge is 2.14. The van der Waals surface area contributed by atoms with E-state index in [9.17, 15) is 4.79 Å². The molecule has 0 radical (unpaired) electrons. The number of piperidine rings is 1. The second kappa shape index (κ2) is 6.02. The first-order chi connectivity index (χ1) is 6.68. The SMILES string of the molecule is CC1CCN(CCCCC(=O)O)CC1. The third-order valence-corrected chi connectivity index (χ3v) is 2.99. The van der Waals surface area contributed by atoms with Crippen molar-refractivity contribution in [2.75, 3.05) is 19.6 Å². The molecule has 0 bridgehead atoms. The van der Waals surface area contributed by atoms with E-state index in [1.165, 1.54) is 25.9 Å². The number of carbonyl (C=O) groups is 1. The number of nitrogens with zero attached hydrogens (tertiary/aromatic N) is 1. The first kappa shape index (κ1) is 11.5. The van der Waals surface area contributed by atoms with E-state index < -0.39 is 5.97 Å². The fourth-order valence-corrected chi connectivity index (χ4v) is 1.90. The molecule has 1 fully saturated rings. The zero-order valence-corrected chi connectivity index (χ0v) is 9.04. The number of carboxylic acid groups (broad SMARTS) is 1. The number of hydrogen-bond donors (Lipinski definition) is 1. The van der Waals surface area contributed by atoms with Crippen LogP contribution in [0.4, 0.5) is 0 Å². The molecule has 1 aliphatic rings. The van der Waals surface area contributed by atoms with Crippen molar-refractivity contribution >= 4 is 5.97 Å². The van der Waals surface area contributed by atoms with Gasteiger partial charge in [0.15, 0.2) is 0 Å². The second-order valence-corrected chi connectivity index (χ2v) is 4.38. The molecular formula is C11H21NO2. The van der Waals surface area contributed by atoms with Crippen molar-refractivity contribution < 1.29 is 9.90 Å². The number of unbranched alkanes of at least 4 members (excludes halogenated alkanes) is 1. The van der Waals surface area contributed by atoms with Gasteiger partial charge in [-0.3, -0.25) is 4.79 Å². The van der Waals surface area contributed by atoms with Gasteiger partial charge in [0.2, 0.25) is 0 Å². The van der Waals surface area contributed by atoms with Crippen molar-refractivity contribution in [3.63, 3.8) is 0 Å². The van der Waals surface area contributed by atoms with E-state index in [-0.39, 0.29) is 0 Å². The number of hydrogen-bond acceptors (Lipinski definition) is 2. The predicted molar refractivity (Wildman–Crippen MR) is 56.3 cm³/mol. The molecule has 1 rings (SSSR count). The molecule has 0 aromatic heterocycles. The van der Waals surface area contributed by atoms with Crippen molar-refractivity contribution in [2.45, 2.75) is 39.0 Å². The van der Waals surface area contributed by atoms with E-state index >= 15 is 0 Å². The van der Waals surface area contributed by atoms with Crippen LogP contribution in [-0.2, 0) is 4.79 Å². The zero-order chi connectivity index (χ0) is 10.4. The minimum absolute atomic E-state index is 0.324. The summed E-state index contributed by atoms with van der Waals surface area (Å²) in [6.07, 6.45) is 4.78. The minimum atomic E-state index is -0.669. The lowest BCUT2D eigenvalue weighted by atomic mass is 9.99. The summed E-state index contributed by atoms with van der Waals surface area (Å²) in [7, 11) is 0. The Labute approximate surface area is 86.1 Å². The molecule has 0 saturated carbocycles. The molecule has 0 atom stereocenters. The highest BCUT2D eigenvalue weighted by atomic mass is 16.4. The van der Waals surface area contributed by atoms with Crippen molar-refractivity contribution in [3.8, 4) is 0 Å². The van der Waals surface area contributed by atoms with Crippen molar-refractivity contribution in [1.82, 2.24) is 4.90 Å². The maximum atomic E-state index is 10.3. The van der Waals surface area contributed by atoms with Gasteiger partial charge in [-0.25, -0.2) is 0 Å². The van der Waals surface area contributed by atoms with E-state index in [0.29, 0.717) is 6.42 Å². The number of aliphatic carboxylic acids is 1. The lowest BCUT2D eigenvalue weighted by molar-refractivity contribution is -0.137. The van der Waals surface area contributed by atoms with Gasteiger partial charge in [-0.05, 0) is 51.2 Å². The molecule has 0 aromatic carbocycles. The zero-order valence-electron chi connectivity index (χ0n) is 9.04. The average molecular weight is 199 g/mol. The monoisotopic (exact) mass is 199 g/mol. The van der Waals surface area contributed by atoms with E-state index in [4.69, 9.17) is 5.11 Å². The molecule has 14 heavy (non-hydrogen) atoms. The van der Waals surface area contributed by atoms with E-state index in [1.54, 1.807) is 0 Å². The minimum Gasteiger partial charge on any atom is -0.481 e. The van der Waals surface area contributed by atoms with Gasteiger partial charge in [-0.15, -0.1) is 0 Å². The summed E-state index contributed by atoms with van der Waals surface area (Å²) in [5.41, 5.74) is 0. The van der Waals surface area contributed by atoms with Crippen LogP contribution in [-0.4, -0.2) is 35.6 Å². The summed E-state index contributed by atoms with van der Waals surface area (Å²) < 4.78 is 0. The Morgan fingerprint density at radius 2 is 2.00 bits per heavy atom. The molecule has 0 amide bonds. The fraction of sp³-hybridized carbons (Fsp3) is 0.909. The second-order valence-electron chi connectivity index (χ2n) is 4.38. The molecule has 1 heterocycles. The standard InChI is InChI=1S/C11H21NO2/c1-10-5-8-12(9-6-10)7-3-2-4-11(13)14/h10H,2-9H2,1H3,(H,13,14). The topological polar surface area (TPSA) is 40.5 Å². The van der Waals surface area contributed by atoms with E-state index in [0.717, 1.165) is 25.3 Å². The molecule has 82 valence electrons. The van der Waals surface area contributed by atoms with Crippen molar-refractivity contribution in [1.29, 1.82) is 0 Å². The van der Waals surface area contributed by atoms with Crippen LogP contribution in [0.3, 0.4) is 0 Å². The number of carboxylic acids is 1. The summed E-state index contributed by atoms with van der Waals surface area (Å²) in [5.74, 6) is 0.211. The van der Waals surface area contributed by atoms with Crippen molar-refractivity contribution in [3.05, 3.63) is 0 Å². The van der Waals surface area contributed by atoms with Gasteiger partial charge in [-0.1, -0.05) is 6.92 Å². The summed E-state index contributed by atoms with van der Waals surface area (Å²) in [4.78, 5) is 12.7. The molecule has 1 saturated heterocycles. The maximum absolute atomic E-state index is 10.3. The molecule has 1 aliphatic heterocycles. The normalized spacial score (nSPS) is 19.8. The Kier molecular flexibility index (Phi) is 4.94. The number of likely N-dealkylation sites (tertiary alicyclic amines) is 1. The van der Waals surface area contributed by atoms with Gasteiger partial charge >= 0.3 is 5.97 Å². The molecule has 0 unspecified atom stereocenters. The van der Waals surface area contributed by atoms with Crippen LogP contribution < -0.4 is 0 Å². The largest absolute Gasteiger partial charge is 0.481 e.